The van der Waals surface area contributed by atoms with E-state index in [2.05, 4.69) is 33.0 Å². The highest BCUT2D eigenvalue weighted by atomic mass is 16.3. The quantitative estimate of drug-likeness (QED) is 0.865. The van der Waals surface area contributed by atoms with Gasteiger partial charge in [-0.2, -0.15) is 0 Å². The molecule has 3 heteroatoms. The zero-order valence-electron chi connectivity index (χ0n) is 13.2. The van der Waals surface area contributed by atoms with Gasteiger partial charge in [0, 0.05) is 12.0 Å². The van der Waals surface area contributed by atoms with Crippen molar-refractivity contribution in [1.82, 2.24) is 5.32 Å². The Morgan fingerprint density at radius 2 is 1.80 bits per heavy atom. The van der Waals surface area contributed by atoms with Gasteiger partial charge in [0.1, 0.15) is 5.75 Å². The van der Waals surface area contributed by atoms with Crippen LogP contribution >= 0.6 is 0 Å². The van der Waals surface area contributed by atoms with Crippen molar-refractivity contribution < 1.29 is 9.90 Å². The Labute approximate surface area is 122 Å². The summed E-state index contributed by atoms with van der Waals surface area (Å²) in [6.07, 6.45) is 1.68. The lowest BCUT2D eigenvalue weighted by atomic mass is 9.81. The molecule has 0 aliphatic rings. The predicted octanol–water partition coefficient (Wildman–Crippen LogP) is 3.51. The fourth-order valence-electron chi connectivity index (χ4n) is 1.93. The molecule has 0 heterocycles. The molecular formula is C17H27NO2. The SMILES string of the molecule is CC[C@H](Cc1ccc(O)cc1)NC(=O)[C@@H](C)C(C)(C)C. The third kappa shape index (κ3) is 4.87. The van der Waals surface area contributed by atoms with E-state index in [9.17, 15) is 9.90 Å². The molecular weight excluding hydrogens is 250 g/mol. The zero-order chi connectivity index (χ0) is 15.3. The molecule has 0 aliphatic carbocycles. The van der Waals surface area contributed by atoms with E-state index in [1.807, 2.05) is 19.1 Å². The minimum absolute atomic E-state index is 0.0173. The van der Waals surface area contributed by atoms with Gasteiger partial charge in [-0.3, -0.25) is 4.79 Å². The molecule has 0 saturated carbocycles. The summed E-state index contributed by atoms with van der Waals surface area (Å²) in [6, 6.07) is 7.30. The van der Waals surface area contributed by atoms with Crippen molar-refractivity contribution >= 4 is 5.91 Å². The number of carbonyl (C=O) groups excluding carboxylic acids is 1. The van der Waals surface area contributed by atoms with E-state index in [-0.39, 0.29) is 29.0 Å². The summed E-state index contributed by atoms with van der Waals surface area (Å²) in [5, 5.41) is 12.4. The Balaban J connectivity index is 2.63. The highest BCUT2D eigenvalue weighted by molar-refractivity contribution is 5.79. The minimum Gasteiger partial charge on any atom is -0.508 e. The van der Waals surface area contributed by atoms with Crippen LogP contribution < -0.4 is 5.32 Å². The molecule has 1 aromatic carbocycles. The molecule has 1 amide bonds. The molecule has 0 radical (unpaired) electrons. The summed E-state index contributed by atoms with van der Waals surface area (Å²) in [5.74, 6) is 0.367. The molecule has 0 saturated heterocycles. The summed E-state index contributed by atoms with van der Waals surface area (Å²) in [6.45, 7) is 10.3. The number of aromatic hydroxyl groups is 1. The molecule has 112 valence electrons. The van der Waals surface area contributed by atoms with Gasteiger partial charge in [0.15, 0.2) is 0 Å². The van der Waals surface area contributed by atoms with Crippen LogP contribution in [0.5, 0.6) is 5.75 Å². The van der Waals surface area contributed by atoms with Crippen LogP contribution in [0.25, 0.3) is 0 Å². The molecule has 2 atom stereocenters. The van der Waals surface area contributed by atoms with Crippen LogP contribution in [-0.4, -0.2) is 17.1 Å². The van der Waals surface area contributed by atoms with Gasteiger partial charge >= 0.3 is 0 Å². The van der Waals surface area contributed by atoms with E-state index >= 15 is 0 Å². The average Bonchev–Trinajstić information content (AvgIpc) is 2.38. The second-order valence-electron chi connectivity index (χ2n) is 6.57. The predicted molar refractivity (Wildman–Crippen MR) is 82.7 cm³/mol. The summed E-state index contributed by atoms with van der Waals surface area (Å²) in [7, 11) is 0. The largest absolute Gasteiger partial charge is 0.508 e. The molecule has 0 unspecified atom stereocenters. The summed E-state index contributed by atoms with van der Waals surface area (Å²) in [4.78, 5) is 12.3. The number of nitrogens with one attached hydrogen (secondary N) is 1. The van der Waals surface area contributed by atoms with Gasteiger partial charge in [-0.25, -0.2) is 0 Å². The first-order valence-electron chi connectivity index (χ1n) is 7.32. The number of hydrogen-bond donors (Lipinski definition) is 2. The Kier molecular flexibility index (Phi) is 5.61. The molecule has 1 aromatic rings. The number of phenols is 1. The van der Waals surface area contributed by atoms with Crippen LogP contribution in [0.15, 0.2) is 24.3 Å². The monoisotopic (exact) mass is 277 g/mol. The van der Waals surface area contributed by atoms with Crippen LogP contribution in [0, 0.1) is 11.3 Å². The smallest absolute Gasteiger partial charge is 0.223 e. The summed E-state index contributed by atoms with van der Waals surface area (Å²) in [5.41, 5.74) is 1.10. The highest BCUT2D eigenvalue weighted by Crippen LogP contribution is 2.25. The molecule has 0 bridgehead atoms. The molecule has 2 N–H and O–H groups in total. The van der Waals surface area contributed by atoms with Crippen LogP contribution in [-0.2, 0) is 11.2 Å². The number of benzene rings is 1. The number of rotatable bonds is 5. The number of carbonyl (C=O) groups is 1. The number of hydrogen-bond acceptors (Lipinski definition) is 2. The van der Waals surface area contributed by atoms with Crippen molar-refractivity contribution in [1.29, 1.82) is 0 Å². The van der Waals surface area contributed by atoms with Crippen molar-refractivity contribution in [3.63, 3.8) is 0 Å². The minimum atomic E-state index is -0.0269. The molecule has 0 aliphatic heterocycles. The van der Waals surface area contributed by atoms with E-state index < -0.39 is 0 Å². The van der Waals surface area contributed by atoms with Crippen molar-refractivity contribution in [2.75, 3.05) is 0 Å². The maximum absolute atomic E-state index is 12.3. The Morgan fingerprint density at radius 1 is 1.25 bits per heavy atom. The Bertz CT molecular complexity index is 431. The first-order valence-corrected chi connectivity index (χ1v) is 7.32. The van der Waals surface area contributed by atoms with Crippen molar-refractivity contribution in [3.05, 3.63) is 29.8 Å². The second-order valence-corrected chi connectivity index (χ2v) is 6.57. The fraction of sp³-hybridized carbons (Fsp3) is 0.588. The maximum Gasteiger partial charge on any atom is 0.223 e. The molecule has 0 aromatic heterocycles. The third-order valence-electron chi connectivity index (χ3n) is 3.95. The van der Waals surface area contributed by atoms with Crippen molar-refractivity contribution in [2.24, 2.45) is 11.3 Å². The first kappa shape index (κ1) is 16.5. The van der Waals surface area contributed by atoms with Crippen LogP contribution in [0.2, 0.25) is 0 Å². The van der Waals surface area contributed by atoms with E-state index in [1.54, 1.807) is 12.1 Å². The molecule has 0 fully saturated rings. The van der Waals surface area contributed by atoms with E-state index in [4.69, 9.17) is 0 Å². The average molecular weight is 277 g/mol. The second kappa shape index (κ2) is 6.78. The van der Waals surface area contributed by atoms with Crippen LogP contribution in [0.3, 0.4) is 0 Å². The van der Waals surface area contributed by atoms with Gasteiger partial charge in [0.25, 0.3) is 0 Å². The van der Waals surface area contributed by atoms with Gasteiger partial charge in [0.2, 0.25) is 5.91 Å². The summed E-state index contributed by atoms with van der Waals surface area (Å²) >= 11 is 0. The highest BCUT2D eigenvalue weighted by Gasteiger charge is 2.27. The van der Waals surface area contributed by atoms with Crippen LogP contribution in [0.1, 0.15) is 46.6 Å². The van der Waals surface area contributed by atoms with E-state index in [1.165, 1.54) is 0 Å². The van der Waals surface area contributed by atoms with Gasteiger partial charge in [0.05, 0.1) is 0 Å². The lowest BCUT2D eigenvalue weighted by Crippen LogP contribution is -2.42. The number of phenolic OH excluding ortho intramolecular Hbond substituents is 1. The Hall–Kier alpha value is -1.51. The van der Waals surface area contributed by atoms with Crippen molar-refractivity contribution in [3.8, 4) is 5.75 Å². The lowest BCUT2D eigenvalue weighted by molar-refractivity contribution is -0.128. The van der Waals surface area contributed by atoms with Gasteiger partial charge in [-0.05, 0) is 36.0 Å². The van der Waals surface area contributed by atoms with Gasteiger partial charge < -0.3 is 10.4 Å². The van der Waals surface area contributed by atoms with E-state index in [0.717, 1.165) is 18.4 Å². The first-order chi connectivity index (χ1) is 9.24. The fourth-order valence-corrected chi connectivity index (χ4v) is 1.93. The van der Waals surface area contributed by atoms with Gasteiger partial charge in [-0.15, -0.1) is 0 Å². The van der Waals surface area contributed by atoms with Crippen molar-refractivity contribution in [2.45, 2.75) is 53.5 Å². The molecule has 20 heavy (non-hydrogen) atoms. The van der Waals surface area contributed by atoms with Crippen LogP contribution in [0.4, 0.5) is 0 Å². The molecule has 1 rings (SSSR count). The molecule has 0 spiro atoms. The normalized spacial score (nSPS) is 14.7. The molecule has 3 nitrogen and oxygen atoms in total. The Morgan fingerprint density at radius 3 is 2.25 bits per heavy atom. The van der Waals surface area contributed by atoms with E-state index in [0.29, 0.717) is 0 Å². The third-order valence-corrected chi connectivity index (χ3v) is 3.95. The topological polar surface area (TPSA) is 49.3 Å². The van der Waals surface area contributed by atoms with Gasteiger partial charge in [-0.1, -0.05) is 46.8 Å². The summed E-state index contributed by atoms with van der Waals surface area (Å²) < 4.78 is 0. The lowest BCUT2D eigenvalue weighted by Gasteiger charge is -2.28. The number of amides is 1. The zero-order valence-corrected chi connectivity index (χ0v) is 13.2. The standard InChI is InChI=1S/C17H27NO2/c1-6-14(11-13-7-9-15(19)10-8-13)18-16(20)12(2)17(3,4)5/h7-10,12,14,19H,6,11H2,1-5H3,(H,18,20)/t12-,14-/m1/s1. The maximum atomic E-state index is 12.3.